The first kappa shape index (κ1) is 17.5. The van der Waals surface area contributed by atoms with E-state index in [0.717, 1.165) is 0 Å². The molecule has 2 rings (SSSR count). The normalized spacial score (nSPS) is 10.9. The number of hydrogen-bond donors (Lipinski definition) is 1. The van der Waals surface area contributed by atoms with Gasteiger partial charge in [0.2, 0.25) is 0 Å². The highest BCUT2D eigenvalue weighted by atomic mass is 19.1. The van der Waals surface area contributed by atoms with Crippen molar-refractivity contribution in [3.05, 3.63) is 59.4 Å². The third-order valence-electron chi connectivity index (χ3n) is 3.07. The lowest BCUT2D eigenvalue weighted by Gasteiger charge is -2.15. The molecular formula is C18H19FN2O3. The van der Waals surface area contributed by atoms with Crippen LogP contribution in [0, 0.1) is 5.82 Å². The Morgan fingerprint density at radius 1 is 1.21 bits per heavy atom. The van der Waals surface area contributed by atoms with Crippen LogP contribution in [0.3, 0.4) is 0 Å². The summed E-state index contributed by atoms with van der Waals surface area (Å²) in [5.41, 5.74) is 2.87. The lowest BCUT2D eigenvalue weighted by Crippen LogP contribution is -2.19. The topological polar surface area (TPSA) is 59.9 Å². The molecule has 0 aliphatic carbocycles. The van der Waals surface area contributed by atoms with Crippen molar-refractivity contribution in [1.29, 1.82) is 0 Å². The van der Waals surface area contributed by atoms with Crippen LogP contribution in [0.15, 0.2) is 47.6 Å². The molecule has 5 nitrogen and oxygen atoms in total. The predicted octanol–water partition coefficient (Wildman–Crippen LogP) is 3.39. The second-order valence-corrected chi connectivity index (χ2v) is 5.22. The van der Waals surface area contributed by atoms with Crippen molar-refractivity contribution in [1.82, 2.24) is 5.43 Å². The van der Waals surface area contributed by atoms with Crippen LogP contribution in [-0.4, -0.2) is 25.3 Å². The molecule has 0 saturated carbocycles. The van der Waals surface area contributed by atoms with Gasteiger partial charge in [0.05, 0.1) is 25.0 Å². The van der Waals surface area contributed by atoms with E-state index in [1.165, 1.54) is 24.4 Å². The second kappa shape index (κ2) is 8.10. The van der Waals surface area contributed by atoms with Gasteiger partial charge in [-0.15, -0.1) is 0 Å². The fraction of sp³-hybridized carbons (Fsp3) is 0.222. The van der Waals surface area contributed by atoms with E-state index >= 15 is 0 Å². The lowest BCUT2D eigenvalue weighted by molar-refractivity contribution is 0.0951. The third-order valence-corrected chi connectivity index (χ3v) is 3.07. The van der Waals surface area contributed by atoms with Gasteiger partial charge in [-0.05, 0) is 38.1 Å². The molecule has 2 aromatic rings. The molecule has 0 aromatic heterocycles. The van der Waals surface area contributed by atoms with E-state index in [2.05, 4.69) is 10.5 Å². The van der Waals surface area contributed by atoms with E-state index in [-0.39, 0.29) is 11.7 Å². The highest BCUT2D eigenvalue weighted by molar-refractivity contribution is 5.95. The largest absolute Gasteiger partial charge is 0.493 e. The second-order valence-electron chi connectivity index (χ2n) is 5.22. The summed E-state index contributed by atoms with van der Waals surface area (Å²) in [6, 6.07) is 11.0. The Morgan fingerprint density at radius 2 is 1.96 bits per heavy atom. The number of hydrazone groups is 1. The van der Waals surface area contributed by atoms with Crippen molar-refractivity contribution >= 4 is 12.1 Å². The Kier molecular flexibility index (Phi) is 5.89. The Hall–Kier alpha value is -2.89. The molecule has 0 bridgehead atoms. The number of methoxy groups -OCH3 is 1. The molecule has 0 spiro atoms. The molecule has 0 aliphatic heterocycles. The number of nitrogens with zero attached hydrogens (tertiary/aromatic N) is 1. The number of rotatable bonds is 6. The molecule has 0 saturated heterocycles. The maximum absolute atomic E-state index is 13.5. The van der Waals surface area contributed by atoms with Crippen molar-refractivity contribution in [2.24, 2.45) is 5.10 Å². The van der Waals surface area contributed by atoms with Crippen molar-refractivity contribution in [2.45, 2.75) is 20.0 Å². The van der Waals surface area contributed by atoms with Crippen LogP contribution in [0.4, 0.5) is 4.39 Å². The molecule has 0 atom stereocenters. The van der Waals surface area contributed by atoms with Gasteiger partial charge in [-0.2, -0.15) is 5.10 Å². The van der Waals surface area contributed by atoms with Gasteiger partial charge in [0.1, 0.15) is 5.82 Å². The van der Waals surface area contributed by atoms with Crippen molar-refractivity contribution in [3.8, 4) is 11.5 Å². The van der Waals surface area contributed by atoms with Gasteiger partial charge < -0.3 is 9.47 Å². The molecular weight excluding hydrogens is 311 g/mol. The summed E-state index contributed by atoms with van der Waals surface area (Å²) >= 11 is 0. The Balaban J connectivity index is 2.17. The van der Waals surface area contributed by atoms with Gasteiger partial charge in [0, 0.05) is 5.56 Å². The van der Waals surface area contributed by atoms with Gasteiger partial charge in [0.15, 0.2) is 11.5 Å². The Bertz CT molecular complexity index is 745. The predicted molar refractivity (Wildman–Crippen MR) is 90.2 cm³/mol. The first-order valence-electron chi connectivity index (χ1n) is 7.44. The van der Waals surface area contributed by atoms with E-state index in [9.17, 15) is 9.18 Å². The number of carbonyl (C=O) groups is 1. The minimum atomic E-state index is -0.626. The third kappa shape index (κ3) is 4.32. The number of halogens is 1. The summed E-state index contributed by atoms with van der Waals surface area (Å²) < 4.78 is 24.6. The highest BCUT2D eigenvalue weighted by Gasteiger charge is 2.12. The summed E-state index contributed by atoms with van der Waals surface area (Å²) in [7, 11) is 1.55. The zero-order valence-electron chi connectivity index (χ0n) is 13.7. The summed E-state index contributed by atoms with van der Waals surface area (Å²) in [4.78, 5) is 11.9. The summed E-state index contributed by atoms with van der Waals surface area (Å²) in [5, 5.41) is 3.88. The molecule has 0 fully saturated rings. The molecule has 1 N–H and O–H groups in total. The van der Waals surface area contributed by atoms with E-state index in [1.54, 1.807) is 31.4 Å². The number of para-hydroxylation sites is 1. The Labute approximate surface area is 140 Å². The van der Waals surface area contributed by atoms with Gasteiger partial charge in [-0.25, -0.2) is 9.82 Å². The number of hydrogen-bond acceptors (Lipinski definition) is 4. The monoisotopic (exact) mass is 330 g/mol. The van der Waals surface area contributed by atoms with Crippen LogP contribution in [0.2, 0.25) is 0 Å². The number of carbonyl (C=O) groups excluding carboxylic acids is 1. The van der Waals surface area contributed by atoms with Crippen LogP contribution < -0.4 is 14.9 Å². The minimum Gasteiger partial charge on any atom is -0.493 e. The number of ether oxygens (including phenoxy) is 2. The maximum Gasteiger partial charge on any atom is 0.274 e. The fourth-order valence-electron chi connectivity index (χ4n) is 2.02. The summed E-state index contributed by atoms with van der Waals surface area (Å²) in [5.74, 6) is -0.138. The average molecular weight is 330 g/mol. The smallest absolute Gasteiger partial charge is 0.274 e. The SMILES string of the molecule is COc1cccc(/C=N\NC(=O)c2ccccc2F)c1OC(C)C. The van der Waals surface area contributed by atoms with Crippen LogP contribution in [0.1, 0.15) is 29.8 Å². The van der Waals surface area contributed by atoms with Crippen LogP contribution >= 0.6 is 0 Å². The van der Waals surface area contributed by atoms with Crippen LogP contribution in [0.5, 0.6) is 11.5 Å². The summed E-state index contributed by atoms with van der Waals surface area (Å²) in [6.45, 7) is 3.79. The van der Waals surface area contributed by atoms with E-state index < -0.39 is 11.7 Å². The van der Waals surface area contributed by atoms with Gasteiger partial charge >= 0.3 is 0 Å². The average Bonchev–Trinajstić information content (AvgIpc) is 2.56. The molecule has 6 heteroatoms. The number of nitrogens with one attached hydrogen (secondary N) is 1. The van der Waals surface area contributed by atoms with Gasteiger partial charge in [0.25, 0.3) is 5.91 Å². The minimum absolute atomic E-state index is 0.0542. The van der Waals surface area contributed by atoms with E-state index in [4.69, 9.17) is 9.47 Å². The van der Waals surface area contributed by atoms with Crippen LogP contribution in [0.25, 0.3) is 0 Å². The molecule has 0 unspecified atom stereocenters. The molecule has 126 valence electrons. The first-order chi connectivity index (χ1) is 11.5. The molecule has 0 aliphatic rings. The molecule has 0 radical (unpaired) electrons. The highest BCUT2D eigenvalue weighted by Crippen LogP contribution is 2.30. The molecule has 2 aromatic carbocycles. The van der Waals surface area contributed by atoms with Gasteiger partial charge in [-0.3, -0.25) is 4.79 Å². The van der Waals surface area contributed by atoms with E-state index in [1.807, 2.05) is 13.8 Å². The van der Waals surface area contributed by atoms with Crippen molar-refractivity contribution in [3.63, 3.8) is 0 Å². The molecule has 0 heterocycles. The van der Waals surface area contributed by atoms with Crippen molar-refractivity contribution < 1.29 is 18.7 Å². The molecule has 1 amide bonds. The zero-order chi connectivity index (χ0) is 17.5. The maximum atomic E-state index is 13.5. The van der Waals surface area contributed by atoms with Crippen molar-refractivity contribution in [2.75, 3.05) is 7.11 Å². The number of benzene rings is 2. The standard InChI is InChI=1S/C18H19FN2O3/c1-12(2)24-17-13(7-6-10-16(17)23-3)11-20-21-18(22)14-8-4-5-9-15(14)19/h4-12H,1-3H3,(H,21,22)/b20-11-. The first-order valence-corrected chi connectivity index (χ1v) is 7.44. The number of amides is 1. The van der Waals surface area contributed by atoms with E-state index in [0.29, 0.717) is 17.1 Å². The zero-order valence-corrected chi connectivity index (χ0v) is 13.7. The fourth-order valence-corrected chi connectivity index (χ4v) is 2.02. The molecule has 24 heavy (non-hydrogen) atoms. The lowest BCUT2D eigenvalue weighted by atomic mass is 10.2. The Morgan fingerprint density at radius 3 is 2.62 bits per heavy atom. The summed E-state index contributed by atoms with van der Waals surface area (Å²) in [6.07, 6.45) is 1.38. The van der Waals surface area contributed by atoms with Gasteiger partial charge in [-0.1, -0.05) is 18.2 Å². The van der Waals surface area contributed by atoms with Crippen LogP contribution in [-0.2, 0) is 0 Å². The quantitative estimate of drug-likeness (QED) is 0.652.